The maximum absolute atomic E-state index is 13.8. The molecule has 6 rings (SSSR count). The Kier molecular flexibility index (Phi) is 5.60. The van der Waals surface area contributed by atoms with Gasteiger partial charge in [0.25, 0.3) is 11.1 Å². The Morgan fingerprint density at radius 2 is 1.62 bits per heavy atom. The van der Waals surface area contributed by atoms with Crippen molar-refractivity contribution in [3.8, 4) is 5.69 Å². The number of pyridine rings is 1. The van der Waals surface area contributed by atoms with Crippen LogP contribution in [0.1, 0.15) is 16.8 Å². The lowest BCUT2D eigenvalue weighted by molar-refractivity contribution is 0.605. The van der Waals surface area contributed by atoms with Gasteiger partial charge in [0.1, 0.15) is 5.82 Å². The molecule has 1 N–H and O–H groups in total. The molecule has 0 aliphatic carbocycles. The molecular weight excluding hydrogens is 467 g/mol. The number of nitrogens with one attached hydrogen (secondary N) is 1. The predicted molar refractivity (Wildman–Crippen MR) is 144 cm³/mol. The lowest BCUT2D eigenvalue weighted by Crippen LogP contribution is -2.24. The molecule has 0 unspecified atom stereocenters. The third kappa shape index (κ3) is 3.98. The number of para-hydroxylation sites is 2. The van der Waals surface area contributed by atoms with Crippen molar-refractivity contribution < 1.29 is 4.39 Å². The molecule has 7 heteroatoms. The molecule has 0 aliphatic heterocycles. The summed E-state index contributed by atoms with van der Waals surface area (Å²) in [5.74, 6) is -0.324. The lowest BCUT2D eigenvalue weighted by atomic mass is 10.1. The van der Waals surface area contributed by atoms with E-state index in [4.69, 9.17) is 0 Å². The molecule has 184 valence electrons. The molecule has 0 atom stereocenters. The Labute approximate surface area is 211 Å². The van der Waals surface area contributed by atoms with E-state index in [0.717, 1.165) is 22.0 Å². The number of aryl methyl sites for hydroxylation is 2. The van der Waals surface area contributed by atoms with Crippen LogP contribution in [-0.2, 0) is 19.5 Å². The number of fused-ring (bicyclic) bond motifs is 2. The summed E-state index contributed by atoms with van der Waals surface area (Å²) in [5.41, 5.74) is 4.54. The van der Waals surface area contributed by atoms with Crippen molar-refractivity contribution in [3.63, 3.8) is 0 Å². The van der Waals surface area contributed by atoms with E-state index in [0.29, 0.717) is 41.8 Å². The first-order chi connectivity index (χ1) is 18.0. The van der Waals surface area contributed by atoms with Crippen LogP contribution in [0, 0.1) is 12.7 Å². The highest BCUT2D eigenvalue weighted by Gasteiger charge is 2.20. The van der Waals surface area contributed by atoms with Gasteiger partial charge in [-0.15, -0.1) is 0 Å². The largest absolute Gasteiger partial charge is 0.361 e. The van der Waals surface area contributed by atoms with E-state index >= 15 is 0 Å². The minimum absolute atomic E-state index is 0.164. The number of hydrogen-bond acceptors (Lipinski definition) is 2. The molecule has 0 amide bonds. The fourth-order valence-electron chi connectivity index (χ4n) is 5.14. The first kappa shape index (κ1) is 22.8. The van der Waals surface area contributed by atoms with Crippen molar-refractivity contribution in [2.45, 2.75) is 26.4 Å². The Balaban J connectivity index is 1.49. The van der Waals surface area contributed by atoms with Crippen LogP contribution >= 0.6 is 0 Å². The van der Waals surface area contributed by atoms with Crippen LogP contribution in [0.2, 0.25) is 0 Å². The highest BCUT2D eigenvalue weighted by atomic mass is 19.1. The van der Waals surface area contributed by atoms with Crippen LogP contribution in [0.3, 0.4) is 0 Å². The van der Waals surface area contributed by atoms with Crippen molar-refractivity contribution in [2.75, 3.05) is 0 Å². The topological polar surface area (TPSA) is 64.7 Å². The van der Waals surface area contributed by atoms with E-state index in [1.165, 1.54) is 12.1 Å². The second-order valence-electron chi connectivity index (χ2n) is 9.23. The number of hydrogen-bond donors (Lipinski definition) is 1. The summed E-state index contributed by atoms with van der Waals surface area (Å²) in [7, 11) is 0. The van der Waals surface area contributed by atoms with E-state index < -0.39 is 0 Å². The molecule has 6 aromatic rings. The zero-order valence-electron chi connectivity index (χ0n) is 20.3. The Morgan fingerprint density at radius 3 is 2.41 bits per heavy atom. The van der Waals surface area contributed by atoms with Crippen molar-refractivity contribution >= 4 is 21.8 Å². The van der Waals surface area contributed by atoms with Gasteiger partial charge in [0.2, 0.25) is 0 Å². The van der Waals surface area contributed by atoms with Crippen LogP contribution in [0.5, 0.6) is 0 Å². The minimum atomic E-state index is -0.324. The van der Waals surface area contributed by atoms with Crippen LogP contribution in [0.25, 0.3) is 27.5 Å². The number of halogens is 1. The average Bonchev–Trinajstić information content (AvgIpc) is 3.44. The summed E-state index contributed by atoms with van der Waals surface area (Å²) >= 11 is 0. The van der Waals surface area contributed by atoms with Gasteiger partial charge in [-0.3, -0.25) is 14.3 Å². The number of H-pyrrole nitrogens is 1. The van der Waals surface area contributed by atoms with Gasteiger partial charge in [-0.05, 0) is 54.8 Å². The lowest BCUT2D eigenvalue weighted by Gasteiger charge is -2.14. The molecule has 37 heavy (non-hydrogen) atoms. The van der Waals surface area contributed by atoms with Gasteiger partial charge >= 0.3 is 0 Å². The van der Waals surface area contributed by atoms with E-state index in [-0.39, 0.29) is 16.9 Å². The second kappa shape index (κ2) is 9.09. The number of nitrogens with zero attached hydrogens (tertiary/aromatic N) is 3. The Morgan fingerprint density at radius 1 is 0.892 bits per heavy atom. The zero-order valence-corrected chi connectivity index (χ0v) is 20.3. The van der Waals surface area contributed by atoms with Crippen molar-refractivity contribution in [3.05, 3.63) is 134 Å². The summed E-state index contributed by atoms with van der Waals surface area (Å²) in [4.78, 5) is 30.5. The van der Waals surface area contributed by atoms with Crippen LogP contribution < -0.4 is 11.1 Å². The monoisotopic (exact) mass is 492 g/mol. The molecule has 3 heterocycles. The van der Waals surface area contributed by atoms with Crippen LogP contribution in [0.15, 0.2) is 101 Å². The summed E-state index contributed by atoms with van der Waals surface area (Å²) in [6, 6.07) is 25.1. The molecule has 3 aromatic carbocycles. The third-order valence-corrected chi connectivity index (χ3v) is 7.00. The quantitative estimate of drug-likeness (QED) is 0.349. The minimum Gasteiger partial charge on any atom is -0.361 e. The maximum atomic E-state index is 13.8. The van der Waals surface area contributed by atoms with Gasteiger partial charge in [0.15, 0.2) is 0 Å². The molecular formula is C30H25FN4O2. The van der Waals surface area contributed by atoms with Crippen molar-refractivity contribution in [2.24, 2.45) is 0 Å². The normalized spacial score (nSPS) is 11.5. The first-order valence-electron chi connectivity index (χ1n) is 12.2. The highest BCUT2D eigenvalue weighted by Crippen LogP contribution is 2.21. The fourth-order valence-corrected chi connectivity index (χ4v) is 5.14. The Hall–Kier alpha value is -4.65. The molecule has 0 fully saturated rings. The third-order valence-electron chi connectivity index (χ3n) is 7.00. The van der Waals surface area contributed by atoms with E-state index in [1.807, 2.05) is 61.7 Å². The van der Waals surface area contributed by atoms with Gasteiger partial charge in [-0.1, -0.05) is 48.5 Å². The molecule has 0 saturated carbocycles. The molecule has 0 radical (unpaired) electrons. The van der Waals surface area contributed by atoms with E-state index in [2.05, 4.69) is 11.1 Å². The number of benzene rings is 3. The predicted octanol–water partition coefficient (Wildman–Crippen LogP) is 5.17. The van der Waals surface area contributed by atoms with Crippen LogP contribution in [-0.4, -0.2) is 18.9 Å². The summed E-state index contributed by atoms with van der Waals surface area (Å²) in [6.45, 7) is 2.60. The molecule has 0 saturated heterocycles. The number of aromatic amines is 1. The zero-order chi connectivity index (χ0) is 25.5. The molecule has 0 bridgehead atoms. The van der Waals surface area contributed by atoms with Gasteiger partial charge < -0.3 is 9.55 Å². The average molecular weight is 493 g/mol. The second-order valence-corrected chi connectivity index (χ2v) is 9.23. The summed E-state index contributed by atoms with van der Waals surface area (Å²) in [6.07, 6.45) is 2.63. The maximum Gasteiger partial charge on any atom is 0.281 e. The standard InChI is InChI=1S/C30H25FN4O2/c1-20-29-27(17-28(36)33(20)16-15-22-18-32-26-10-6-5-9-25(22)26)34(19-21-11-13-23(31)14-12-21)35(30(29)37)24-7-3-2-4-8-24/h2-14,17-18,32H,15-16,19H2,1H3. The van der Waals surface area contributed by atoms with E-state index in [1.54, 1.807) is 32.1 Å². The highest BCUT2D eigenvalue weighted by molar-refractivity contribution is 5.83. The van der Waals surface area contributed by atoms with Gasteiger partial charge in [0.05, 0.1) is 23.1 Å². The van der Waals surface area contributed by atoms with Gasteiger partial charge in [-0.2, -0.15) is 0 Å². The van der Waals surface area contributed by atoms with Crippen molar-refractivity contribution in [1.29, 1.82) is 0 Å². The number of rotatable bonds is 6. The molecule has 0 spiro atoms. The SMILES string of the molecule is Cc1c2c(=O)n(-c3ccccc3)n(Cc3ccc(F)cc3)c2cc(=O)n1CCc1c[nH]c2ccccc12. The molecule has 0 aliphatic rings. The van der Waals surface area contributed by atoms with Crippen LogP contribution in [0.4, 0.5) is 4.39 Å². The van der Waals surface area contributed by atoms with E-state index in [9.17, 15) is 14.0 Å². The fraction of sp³-hybridized carbons (Fsp3) is 0.133. The first-order valence-corrected chi connectivity index (χ1v) is 12.2. The Bertz CT molecular complexity index is 1860. The summed E-state index contributed by atoms with van der Waals surface area (Å²) < 4.78 is 18.6. The summed E-state index contributed by atoms with van der Waals surface area (Å²) in [5, 5.41) is 1.63. The van der Waals surface area contributed by atoms with Gasteiger partial charge in [0, 0.05) is 35.4 Å². The smallest absolute Gasteiger partial charge is 0.281 e. The van der Waals surface area contributed by atoms with Crippen molar-refractivity contribution in [1.82, 2.24) is 18.9 Å². The molecule has 3 aromatic heterocycles. The number of aromatic nitrogens is 4. The molecule has 6 nitrogen and oxygen atoms in total. The van der Waals surface area contributed by atoms with Gasteiger partial charge in [-0.25, -0.2) is 9.07 Å².